The zero-order valence-electron chi connectivity index (χ0n) is 10.9. The van der Waals surface area contributed by atoms with E-state index in [2.05, 4.69) is 9.97 Å². The summed E-state index contributed by atoms with van der Waals surface area (Å²) in [5, 5.41) is 11.0. The van der Waals surface area contributed by atoms with Crippen LogP contribution >= 0.6 is 0 Å². The Bertz CT molecular complexity index is 527. The maximum Gasteiger partial charge on any atom is 0.329 e. The molecule has 0 aliphatic carbocycles. The third-order valence-electron chi connectivity index (χ3n) is 3.37. The van der Waals surface area contributed by atoms with E-state index in [0.29, 0.717) is 19.5 Å². The number of nitrogen functional groups attached to an aromatic ring is 1. The summed E-state index contributed by atoms with van der Waals surface area (Å²) in [4.78, 5) is 30.8. The van der Waals surface area contributed by atoms with Gasteiger partial charge in [0.1, 0.15) is 6.20 Å². The van der Waals surface area contributed by atoms with E-state index in [0.717, 1.165) is 19.0 Å². The SMILES string of the molecule is NC(=O)CC1CCN(c2nc(N)ncc2[N+](=O)[O-])CC1. The van der Waals surface area contributed by atoms with Gasteiger partial charge < -0.3 is 16.4 Å². The highest BCUT2D eigenvalue weighted by molar-refractivity contribution is 5.74. The highest BCUT2D eigenvalue weighted by Gasteiger charge is 2.27. The molecular formula is C11H16N6O3. The Morgan fingerprint density at radius 2 is 2.15 bits per heavy atom. The van der Waals surface area contributed by atoms with Crippen molar-refractivity contribution in [2.45, 2.75) is 19.3 Å². The van der Waals surface area contributed by atoms with E-state index < -0.39 is 4.92 Å². The van der Waals surface area contributed by atoms with Crippen LogP contribution in [0.1, 0.15) is 19.3 Å². The quantitative estimate of drug-likeness (QED) is 0.586. The van der Waals surface area contributed by atoms with Crippen LogP contribution < -0.4 is 16.4 Å². The molecule has 1 saturated heterocycles. The summed E-state index contributed by atoms with van der Waals surface area (Å²) < 4.78 is 0. The topological polar surface area (TPSA) is 141 Å². The molecule has 0 aromatic carbocycles. The van der Waals surface area contributed by atoms with E-state index >= 15 is 0 Å². The Balaban J connectivity index is 2.12. The number of rotatable bonds is 4. The van der Waals surface area contributed by atoms with E-state index in [1.54, 1.807) is 4.90 Å². The number of aromatic nitrogens is 2. The monoisotopic (exact) mass is 280 g/mol. The van der Waals surface area contributed by atoms with E-state index in [-0.39, 0.29) is 29.3 Å². The predicted molar refractivity (Wildman–Crippen MR) is 71.8 cm³/mol. The summed E-state index contributed by atoms with van der Waals surface area (Å²) in [5.74, 6) is 0.146. The van der Waals surface area contributed by atoms with Gasteiger partial charge in [-0.15, -0.1) is 0 Å². The maximum atomic E-state index is 11.0. The molecule has 0 unspecified atom stereocenters. The van der Waals surface area contributed by atoms with Crippen LogP contribution in [-0.2, 0) is 4.79 Å². The third kappa shape index (κ3) is 3.11. The molecule has 4 N–H and O–H groups in total. The van der Waals surface area contributed by atoms with Crippen molar-refractivity contribution in [2.75, 3.05) is 23.7 Å². The van der Waals surface area contributed by atoms with Gasteiger partial charge in [0.15, 0.2) is 0 Å². The van der Waals surface area contributed by atoms with Gasteiger partial charge in [-0.25, -0.2) is 4.98 Å². The average molecular weight is 280 g/mol. The molecule has 20 heavy (non-hydrogen) atoms. The second-order valence-electron chi connectivity index (χ2n) is 4.80. The van der Waals surface area contributed by atoms with Gasteiger partial charge in [0.25, 0.3) is 0 Å². The number of carbonyl (C=O) groups is 1. The molecule has 0 atom stereocenters. The van der Waals surface area contributed by atoms with Gasteiger partial charge in [0.05, 0.1) is 4.92 Å². The summed E-state index contributed by atoms with van der Waals surface area (Å²) >= 11 is 0. The molecule has 0 bridgehead atoms. The largest absolute Gasteiger partial charge is 0.370 e. The van der Waals surface area contributed by atoms with Crippen molar-refractivity contribution in [2.24, 2.45) is 11.7 Å². The molecule has 2 heterocycles. The second-order valence-corrected chi connectivity index (χ2v) is 4.80. The molecule has 0 spiro atoms. The summed E-state index contributed by atoms with van der Waals surface area (Å²) in [7, 11) is 0. The molecular weight excluding hydrogens is 264 g/mol. The van der Waals surface area contributed by atoms with Crippen LogP contribution in [-0.4, -0.2) is 33.9 Å². The van der Waals surface area contributed by atoms with E-state index in [1.165, 1.54) is 0 Å². The fraction of sp³-hybridized carbons (Fsp3) is 0.545. The maximum absolute atomic E-state index is 11.0. The standard InChI is InChI=1S/C11H16N6O3/c12-9(18)5-7-1-3-16(4-2-7)10-8(17(19)20)6-14-11(13)15-10/h6-7H,1-5H2,(H2,12,18)(H2,13,14,15). The third-order valence-corrected chi connectivity index (χ3v) is 3.37. The van der Waals surface area contributed by atoms with Crippen molar-refractivity contribution in [1.29, 1.82) is 0 Å². The van der Waals surface area contributed by atoms with Crippen LogP contribution in [0.5, 0.6) is 0 Å². The molecule has 0 saturated carbocycles. The Morgan fingerprint density at radius 3 is 2.70 bits per heavy atom. The number of piperidine rings is 1. The first-order valence-electron chi connectivity index (χ1n) is 6.27. The first-order valence-corrected chi connectivity index (χ1v) is 6.27. The van der Waals surface area contributed by atoms with Crippen molar-refractivity contribution in [3.8, 4) is 0 Å². The summed E-state index contributed by atoms with van der Waals surface area (Å²) in [6, 6.07) is 0. The lowest BCUT2D eigenvalue weighted by Gasteiger charge is -2.31. The van der Waals surface area contributed by atoms with Gasteiger partial charge in [-0.1, -0.05) is 0 Å². The number of amides is 1. The zero-order chi connectivity index (χ0) is 14.7. The average Bonchev–Trinajstić information content (AvgIpc) is 2.38. The Kier molecular flexibility index (Phi) is 3.97. The number of nitro groups is 1. The van der Waals surface area contributed by atoms with Gasteiger partial charge in [-0.05, 0) is 18.8 Å². The highest BCUT2D eigenvalue weighted by atomic mass is 16.6. The number of hydrogen-bond donors (Lipinski definition) is 2. The number of nitrogens with zero attached hydrogens (tertiary/aromatic N) is 4. The van der Waals surface area contributed by atoms with Gasteiger partial charge >= 0.3 is 5.69 Å². The lowest BCUT2D eigenvalue weighted by molar-refractivity contribution is -0.384. The Labute approximate surface area is 115 Å². The normalized spacial score (nSPS) is 16.1. The minimum Gasteiger partial charge on any atom is -0.370 e. The number of carbonyl (C=O) groups excluding carboxylic acids is 1. The Hall–Kier alpha value is -2.45. The molecule has 1 aromatic rings. The number of primary amides is 1. The van der Waals surface area contributed by atoms with Gasteiger partial charge in [-0.2, -0.15) is 4.98 Å². The minimum atomic E-state index is -0.524. The van der Waals surface area contributed by atoms with Gasteiger partial charge in [-0.3, -0.25) is 14.9 Å². The minimum absolute atomic E-state index is 0.00450. The molecule has 1 aliphatic heterocycles. The molecule has 9 heteroatoms. The smallest absolute Gasteiger partial charge is 0.329 e. The van der Waals surface area contributed by atoms with Crippen LogP contribution in [0.15, 0.2) is 6.20 Å². The molecule has 1 aromatic heterocycles. The molecule has 1 amide bonds. The van der Waals surface area contributed by atoms with Crippen molar-refractivity contribution in [3.63, 3.8) is 0 Å². The predicted octanol–water partition coefficient (Wildman–Crippen LogP) is 0.0588. The van der Waals surface area contributed by atoms with E-state index in [1.807, 2.05) is 0 Å². The second kappa shape index (κ2) is 5.68. The number of anilines is 2. The summed E-state index contributed by atoms with van der Waals surface area (Å²) in [6.45, 7) is 1.16. The van der Waals surface area contributed by atoms with Crippen molar-refractivity contribution in [1.82, 2.24) is 9.97 Å². The van der Waals surface area contributed by atoms with E-state index in [9.17, 15) is 14.9 Å². The van der Waals surface area contributed by atoms with Gasteiger partial charge in [0, 0.05) is 19.5 Å². The molecule has 2 rings (SSSR count). The summed E-state index contributed by atoms with van der Waals surface area (Å²) in [6.07, 6.45) is 2.95. The fourth-order valence-electron chi connectivity index (χ4n) is 2.37. The lowest BCUT2D eigenvalue weighted by Crippen LogP contribution is -2.36. The first-order chi connectivity index (χ1) is 9.47. The number of nitrogens with two attached hydrogens (primary N) is 2. The van der Waals surface area contributed by atoms with Crippen LogP contribution in [0.25, 0.3) is 0 Å². The first kappa shape index (κ1) is 14.0. The molecule has 1 fully saturated rings. The highest BCUT2D eigenvalue weighted by Crippen LogP contribution is 2.30. The van der Waals surface area contributed by atoms with Gasteiger partial charge in [0.2, 0.25) is 17.7 Å². The Morgan fingerprint density at radius 1 is 1.50 bits per heavy atom. The fourth-order valence-corrected chi connectivity index (χ4v) is 2.37. The molecule has 108 valence electrons. The zero-order valence-corrected chi connectivity index (χ0v) is 10.9. The van der Waals surface area contributed by atoms with Crippen LogP contribution in [0.4, 0.5) is 17.5 Å². The van der Waals surface area contributed by atoms with Crippen molar-refractivity contribution < 1.29 is 9.72 Å². The van der Waals surface area contributed by atoms with Crippen LogP contribution in [0.3, 0.4) is 0 Å². The van der Waals surface area contributed by atoms with Crippen molar-refractivity contribution >= 4 is 23.4 Å². The molecule has 9 nitrogen and oxygen atoms in total. The summed E-state index contributed by atoms with van der Waals surface area (Å²) in [5.41, 5.74) is 10.5. The molecule has 1 aliphatic rings. The van der Waals surface area contributed by atoms with Crippen LogP contribution in [0, 0.1) is 16.0 Å². The molecule has 0 radical (unpaired) electrons. The number of hydrogen-bond acceptors (Lipinski definition) is 7. The van der Waals surface area contributed by atoms with Crippen LogP contribution in [0.2, 0.25) is 0 Å². The lowest BCUT2D eigenvalue weighted by atomic mass is 9.93. The van der Waals surface area contributed by atoms with Crippen molar-refractivity contribution in [3.05, 3.63) is 16.3 Å². The van der Waals surface area contributed by atoms with E-state index in [4.69, 9.17) is 11.5 Å².